The first kappa shape index (κ1) is 16.1. The lowest BCUT2D eigenvalue weighted by Crippen LogP contribution is -2.52. The molecule has 1 heterocycles. The summed E-state index contributed by atoms with van der Waals surface area (Å²) in [6, 6.07) is -0.398. The van der Waals surface area contributed by atoms with Crippen LogP contribution in [0, 0.1) is 5.92 Å². The van der Waals surface area contributed by atoms with Crippen LogP contribution in [0.25, 0.3) is 0 Å². The van der Waals surface area contributed by atoms with Gasteiger partial charge in [-0.15, -0.1) is 0 Å². The van der Waals surface area contributed by atoms with Crippen LogP contribution in [-0.2, 0) is 4.79 Å². The van der Waals surface area contributed by atoms with Crippen LogP contribution in [0.1, 0.15) is 45.4 Å². The first-order valence-corrected chi connectivity index (χ1v) is 8.08. The van der Waals surface area contributed by atoms with E-state index in [1.165, 1.54) is 12.8 Å². The molecule has 2 amide bonds. The number of likely N-dealkylation sites (tertiary alicyclic amines) is 1. The quantitative estimate of drug-likeness (QED) is 0.716. The molecule has 0 aromatic rings. The topological polar surface area (TPSA) is 81.7 Å². The van der Waals surface area contributed by atoms with E-state index in [-0.39, 0.29) is 18.1 Å². The molecule has 0 bridgehead atoms. The van der Waals surface area contributed by atoms with Gasteiger partial charge in [-0.25, -0.2) is 4.79 Å². The number of urea groups is 1. The predicted molar refractivity (Wildman–Crippen MR) is 80.2 cm³/mol. The van der Waals surface area contributed by atoms with Gasteiger partial charge >= 0.3 is 12.0 Å². The number of hydrogen-bond donors (Lipinski definition) is 3. The average Bonchev–Trinajstić information content (AvgIpc) is 2.91. The van der Waals surface area contributed by atoms with Crippen molar-refractivity contribution in [3.8, 4) is 0 Å². The van der Waals surface area contributed by atoms with Gasteiger partial charge in [-0.3, -0.25) is 4.79 Å². The Morgan fingerprint density at radius 2 is 1.86 bits per heavy atom. The lowest BCUT2D eigenvalue weighted by Gasteiger charge is -2.30. The van der Waals surface area contributed by atoms with Gasteiger partial charge in [-0.2, -0.15) is 0 Å². The highest BCUT2D eigenvalue weighted by atomic mass is 16.4. The van der Waals surface area contributed by atoms with Crippen LogP contribution in [0.4, 0.5) is 4.79 Å². The molecule has 2 rings (SSSR count). The number of amides is 2. The predicted octanol–water partition coefficient (Wildman–Crippen LogP) is 1.41. The van der Waals surface area contributed by atoms with Crippen LogP contribution >= 0.6 is 0 Å². The Morgan fingerprint density at radius 3 is 2.52 bits per heavy atom. The number of rotatable bonds is 5. The third-order valence-electron chi connectivity index (χ3n) is 4.51. The Labute approximate surface area is 126 Å². The summed E-state index contributed by atoms with van der Waals surface area (Å²) in [6.45, 7) is 5.07. The van der Waals surface area contributed by atoms with E-state index in [9.17, 15) is 14.7 Å². The number of aliphatic carboxylic acids is 1. The van der Waals surface area contributed by atoms with Gasteiger partial charge in [0.05, 0.1) is 5.92 Å². The fourth-order valence-corrected chi connectivity index (χ4v) is 3.43. The highest BCUT2D eigenvalue weighted by molar-refractivity contribution is 5.77. The first-order chi connectivity index (χ1) is 10.1. The summed E-state index contributed by atoms with van der Waals surface area (Å²) in [5.41, 5.74) is 0. The molecule has 120 valence electrons. The summed E-state index contributed by atoms with van der Waals surface area (Å²) in [5, 5.41) is 15.0. The molecular formula is C15H27N3O3. The van der Waals surface area contributed by atoms with Gasteiger partial charge in [0, 0.05) is 18.6 Å². The number of carbonyl (C=O) groups is 2. The van der Waals surface area contributed by atoms with E-state index in [0.29, 0.717) is 6.42 Å². The number of nitrogens with zero attached hydrogens (tertiary/aromatic N) is 1. The zero-order valence-electron chi connectivity index (χ0n) is 12.8. The first-order valence-electron chi connectivity index (χ1n) is 8.08. The Kier molecular flexibility index (Phi) is 5.85. The van der Waals surface area contributed by atoms with E-state index in [2.05, 4.69) is 15.5 Å². The van der Waals surface area contributed by atoms with Crippen molar-refractivity contribution in [3.63, 3.8) is 0 Å². The van der Waals surface area contributed by atoms with Crippen molar-refractivity contribution in [3.05, 3.63) is 0 Å². The molecule has 6 heteroatoms. The Balaban J connectivity index is 1.75. The number of hydrogen-bond acceptors (Lipinski definition) is 3. The van der Waals surface area contributed by atoms with E-state index >= 15 is 0 Å². The van der Waals surface area contributed by atoms with E-state index < -0.39 is 11.9 Å². The molecule has 1 saturated heterocycles. The van der Waals surface area contributed by atoms with E-state index in [1.54, 1.807) is 0 Å². The zero-order chi connectivity index (χ0) is 15.2. The SMILES string of the molecule is CC(CN1CCCC1)NC(=O)NC1CCCCC1C(=O)O. The monoisotopic (exact) mass is 297 g/mol. The summed E-state index contributed by atoms with van der Waals surface area (Å²) in [6.07, 6.45) is 5.80. The zero-order valence-corrected chi connectivity index (χ0v) is 12.8. The molecule has 3 N–H and O–H groups in total. The molecule has 6 nitrogen and oxygen atoms in total. The maximum Gasteiger partial charge on any atom is 0.315 e. The van der Waals surface area contributed by atoms with Crippen molar-refractivity contribution in [1.82, 2.24) is 15.5 Å². The molecule has 2 aliphatic rings. The molecule has 0 radical (unpaired) electrons. The van der Waals surface area contributed by atoms with Crippen LogP contribution in [0.3, 0.4) is 0 Å². The summed E-state index contributed by atoms with van der Waals surface area (Å²) >= 11 is 0. The maximum atomic E-state index is 12.0. The van der Waals surface area contributed by atoms with Gasteiger partial charge in [0.1, 0.15) is 0 Å². The lowest BCUT2D eigenvalue weighted by molar-refractivity contribution is -0.143. The number of carbonyl (C=O) groups excluding carboxylic acids is 1. The fourth-order valence-electron chi connectivity index (χ4n) is 3.43. The molecule has 1 aliphatic carbocycles. The minimum Gasteiger partial charge on any atom is -0.481 e. The molecular weight excluding hydrogens is 270 g/mol. The average molecular weight is 297 g/mol. The largest absolute Gasteiger partial charge is 0.481 e. The minimum atomic E-state index is -0.801. The minimum absolute atomic E-state index is 0.0787. The molecule has 0 aromatic carbocycles. The standard InChI is InChI=1S/C15H27N3O3/c1-11(10-18-8-4-5-9-18)16-15(21)17-13-7-3-2-6-12(13)14(19)20/h11-13H,2-10H2,1H3,(H,19,20)(H2,16,17,21). The Morgan fingerprint density at radius 1 is 1.19 bits per heavy atom. The van der Waals surface area contributed by atoms with Gasteiger partial charge in [0.25, 0.3) is 0 Å². The van der Waals surface area contributed by atoms with Crippen molar-refractivity contribution in [2.24, 2.45) is 5.92 Å². The summed E-state index contributed by atoms with van der Waals surface area (Å²) in [4.78, 5) is 25.6. The lowest BCUT2D eigenvalue weighted by atomic mass is 9.84. The third-order valence-corrected chi connectivity index (χ3v) is 4.51. The van der Waals surface area contributed by atoms with Gasteiger partial charge in [0.15, 0.2) is 0 Å². The van der Waals surface area contributed by atoms with E-state index in [1.807, 2.05) is 6.92 Å². The molecule has 0 aromatic heterocycles. The van der Waals surface area contributed by atoms with Crippen LogP contribution < -0.4 is 10.6 Å². The summed E-state index contributed by atoms with van der Waals surface area (Å²) in [5.74, 6) is -1.25. The van der Waals surface area contributed by atoms with Gasteiger partial charge in [-0.1, -0.05) is 12.8 Å². The van der Waals surface area contributed by atoms with Crippen LogP contribution in [0.15, 0.2) is 0 Å². The van der Waals surface area contributed by atoms with Crippen molar-refractivity contribution < 1.29 is 14.7 Å². The van der Waals surface area contributed by atoms with E-state index in [4.69, 9.17) is 0 Å². The van der Waals surface area contributed by atoms with Crippen LogP contribution in [-0.4, -0.2) is 53.7 Å². The van der Waals surface area contributed by atoms with Crippen molar-refractivity contribution in [1.29, 1.82) is 0 Å². The normalized spacial score (nSPS) is 28.0. The second-order valence-corrected chi connectivity index (χ2v) is 6.36. The molecule has 1 aliphatic heterocycles. The van der Waals surface area contributed by atoms with Gasteiger partial charge < -0.3 is 20.6 Å². The smallest absolute Gasteiger partial charge is 0.315 e. The second kappa shape index (κ2) is 7.64. The number of nitrogens with one attached hydrogen (secondary N) is 2. The van der Waals surface area contributed by atoms with Gasteiger partial charge in [0.2, 0.25) is 0 Å². The van der Waals surface area contributed by atoms with Crippen LogP contribution in [0.5, 0.6) is 0 Å². The molecule has 0 spiro atoms. The van der Waals surface area contributed by atoms with Gasteiger partial charge in [-0.05, 0) is 45.7 Å². The molecule has 3 atom stereocenters. The summed E-state index contributed by atoms with van der Waals surface area (Å²) in [7, 11) is 0. The molecule has 3 unspecified atom stereocenters. The Hall–Kier alpha value is -1.30. The fraction of sp³-hybridized carbons (Fsp3) is 0.867. The number of carboxylic acids is 1. The summed E-state index contributed by atoms with van der Waals surface area (Å²) < 4.78 is 0. The molecule has 2 fully saturated rings. The van der Waals surface area contributed by atoms with E-state index in [0.717, 1.165) is 38.9 Å². The third kappa shape index (κ3) is 4.88. The second-order valence-electron chi connectivity index (χ2n) is 6.36. The van der Waals surface area contributed by atoms with Crippen molar-refractivity contribution in [2.45, 2.75) is 57.5 Å². The highest BCUT2D eigenvalue weighted by Crippen LogP contribution is 2.24. The Bertz CT molecular complexity index is 369. The highest BCUT2D eigenvalue weighted by Gasteiger charge is 2.32. The number of carboxylic acid groups (broad SMARTS) is 1. The van der Waals surface area contributed by atoms with Crippen molar-refractivity contribution in [2.75, 3.05) is 19.6 Å². The molecule has 21 heavy (non-hydrogen) atoms. The molecule has 1 saturated carbocycles. The van der Waals surface area contributed by atoms with Crippen molar-refractivity contribution >= 4 is 12.0 Å². The van der Waals surface area contributed by atoms with Crippen LogP contribution in [0.2, 0.25) is 0 Å². The maximum absolute atomic E-state index is 12.0.